The molecule has 3 heteroatoms. The maximum absolute atomic E-state index is 12.0. The topological polar surface area (TPSA) is 35.5 Å². The Morgan fingerprint density at radius 3 is 2.75 bits per heavy atom. The fourth-order valence-electron chi connectivity index (χ4n) is 5.57. The van der Waals surface area contributed by atoms with Crippen molar-refractivity contribution in [3.8, 4) is 0 Å². The van der Waals surface area contributed by atoms with Gasteiger partial charge in [-0.05, 0) is 57.3 Å². The van der Waals surface area contributed by atoms with Gasteiger partial charge in [0.25, 0.3) is 0 Å². The van der Waals surface area contributed by atoms with Crippen molar-refractivity contribution in [3.63, 3.8) is 0 Å². The van der Waals surface area contributed by atoms with Crippen LogP contribution in [0.5, 0.6) is 0 Å². The summed E-state index contributed by atoms with van der Waals surface area (Å²) in [6.07, 6.45) is 6.08. The van der Waals surface area contributed by atoms with Gasteiger partial charge in [-0.15, -0.1) is 0 Å². The fraction of sp³-hybridized carbons (Fsp3) is 0.941. The van der Waals surface area contributed by atoms with Crippen LogP contribution in [0.25, 0.3) is 0 Å². The second kappa shape index (κ2) is 4.46. The summed E-state index contributed by atoms with van der Waals surface area (Å²) < 4.78 is 11.9. The van der Waals surface area contributed by atoms with E-state index in [1.807, 2.05) is 0 Å². The minimum Gasteiger partial charge on any atom is -0.459 e. The zero-order valence-electron chi connectivity index (χ0n) is 13.3. The van der Waals surface area contributed by atoms with Gasteiger partial charge in [-0.1, -0.05) is 13.8 Å². The highest BCUT2D eigenvalue weighted by molar-refractivity contribution is 5.70. The van der Waals surface area contributed by atoms with E-state index < -0.39 is 0 Å². The molecule has 2 aliphatic carbocycles. The molecular weight excluding hydrogens is 252 g/mol. The van der Waals surface area contributed by atoms with Crippen LogP contribution in [0, 0.1) is 16.7 Å². The van der Waals surface area contributed by atoms with Crippen LogP contribution in [0.4, 0.5) is 0 Å². The average Bonchev–Trinajstić information content (AvgIpc) is 2.48. The molecule has 1 heterocycles. The predicted molar refractivity (Wildman–Crippen MR) is 77.3 cm³/mol. The molecule has 3 aliphatic rings. The van der Waals surface area contributed by atoms with E-state index in [-0.39, 0.29) is 17.0 Å². The van der Waals surface area contributed by atoms with Crippen molar-refractivity contribution in [2.75, 3.05) is 6.61 Å². The molecule has 0 radical (unpaired) electrons. The molecule has 1 aliphatic heterocycles. The first-order valence-electron chi connectivity index (χ1n) is 8.15. The zero-order valence-corrected chi connectivity index (χ0v) is 13.3. The number of esters is 1. The van der Waals surface area contributed by atoms with E-state index in [2.05, 4.69) is 27.7 Å². The fourth-order valence-corrected chi connectivity index (χ4v) is 5.57. The minimum atomic E-state index is -0.264. The van der Waals surface area contributed by atoms with Crippen molar-refractivity contribution in [3.05, 3.63) is 0 Å². The Hall–Kier alpha value is -0.570. The number of carbonyl (C=O) groups is 1. The van der Waals surface area contributed by atoms with Gasteiger partial charge in [-0.2, -0.15) is 0 Å². The standard InChI is InChI=1S/C17H28O3/c1-5-19-13-10-15(2,3)12-6-8-16(4)11-17(12,13)9-7-14(18)20-16/h12-13H,5-11H2,1-4H3/t12-,13-,16+,17-/m0/s1. The first-order valence-corrected chi connectivity index (χ1v) is 8.15. The Balaban J connectivity index is 2.01. The van der Waals surface area contributed by atoms with Crippen molar-refractivity contribution in [1.82, 2.24) is 0 Å². The third kappa shape index (κ3) is 2.01. The van der Waals surface area contributed by atoms with Crippen LogP contribution in [-0.4, -0.2) is 24.3 Å². The number of hydrogen-bond acceptors (Lipinski definition) is 3. The maximum Gasteiger partial charge on any atom is 0.306 e. The van der Waals surface area contributed by atoms with E-state index in [0.717, 1.165) is 32.3 Å². The summed E-state index contributed by atoms with van der Waals surface area (Å²) in [5.41, 5.74) is 0.201. The molecule has 0 amide bonds. The predicted octanol–water partition coefficient (Wildman–Crippen LogP) is 3.70. The highest BCUT2D eigenvalue weighted by atomic mass is 16.6. The second-order valence-corrected chi connectivity index (χ2v) is 8.06. The van der Waals surface area contributed by atoms with Crippen LogP contribution in [0.3, 0.4) is 0 Å². The van der Waals surface area contributed by atoms with Crippen LogP contribution in [0.2, 0.25) is 0 Å². The summed E-state index contributed by atoms with van der Waals surface area (Å²) in [5, 5.41) is 0. The van der Waals surface area contributed by atoms with E-state index in [1.165, 1.54) is 6.42 Å². The summed E-state index contributed by atoms with van der Waals surface area (Å²) in [6.45, 7) is 9.74. The maximum atomic E-state index is 12.0. The van der Waals surface area contributed by atoms with Gasteiger partial charge in [0.05, 0.1) is 6.10 Å². The van der Waals surface area contributed by atoms with Crippen molar-refractivity contribution in [2.45, 2.75) is 77.9 Å². The molecule has 20 heavy (non-hydrogen) atoms. The van der Waals surface area contributed by atoms with Crippen molar-refractivity contribution < 1.29 is 14.3 Å². The number of ether oxygens (including phenoxy) is 2. The first kappa shape index (κ1) is 14.4. The van der Waals surface area contributed by atoms with Crippen LogP contribution < -0.4 is 0 Å². The van der Waals surface area contributed by atoms with Gasteiger partial charge in [0, 0.05) is 18.4 Å². The molecule has 114 valence electrons. The van der Waals surface area contributed by atoms with E-state index >= 15 is 0 Å². The number of carbonyl (C=O) groups excluding carboxylic acids is 1. The number of fused-ring (bicyclic) bond motifs is 1. The molecule has 0 N–H and O–H groups in total. The van der Waals surface area contributed by atoms with E-state index in [1.54, 1.807) is 0 Å². The lowest BCUT2D eigenvalue weighted by Gasteiger charge is -2.50. The zero-order chi connectivity index (χ0) is 14.6. The van der Waals surface area contributed by atoms with Crippen molar-refractivity contribution >= 4 is 5.97 Å². The largest absolute Gasteiger partial charge is 0.459 e. The monoisotopic (exact) mass is 280 g/mol. The van der Waals surface area contributed by atoms with Gasteiger partial charge in [-0.25, -0.2) is 0 Å². The molecule has 0 aromatic rings. The quantitative estimate of drug-likeness (QED) is 0.723. The molecule has 1 spiro atoms. The third-order valence-corrected chi connectivity index (χ3v) is 6.18. The van der Waals surface area contributed by atoms with E-state index in [9.17, 15) is 4.79 Å². The Bertz CT molecular complexity index is 416. The lowest BCUT2D eigenvalue weighted by atomic mass is 9.57. The molecule has 2 saturated carbocycles. The van der Waals surface area contributed by atoms with Crippen LogP contribution >= 0.6 is 0 Å². The minimum absolute atomic E-state index is 0.00928. The highest BCUT2D eigenvalue weighted by Crippen LogP contribution is 2.66. The van der Waals surface area contributed by atoms with Crippen LogP contribution in [0.1, 0.15) is 66.2 Å². The Morgan fingerprint density at radius 2 is 2.05 bits per heavy atom. The van der Waals surface area contributed by atoms with E-state index in [4.69, 9.17) is 9.47 Å². The summed E-state index contributed by atoms with van der Waals surface area (Å²) in [5.74, 6) is 0.652. The normalized spacial score (nSPS) is 46.5. The molecule has 0 aromatic carbocycles. The smallest absolute Gasteiger partial charge is 0.306 e. The molecular formula is C17H28O3. The molecule has 3 nitrogen and oxygen atoms in total. The lowest BCUT2D eigenvalue weighted by Crippen LogP contribution is -2.49. The molecule has 1 saturated heterocycles. The summed E-state index contributed by atoms with van der Waals surface area (Å²) >= 11 is 0. The van der Waals surface area contributed by atoms with Gasteiger partial charge >= 0.3 is 5.97 Å². The van der Waals surface area contributed by atoms with Crippen LogP contribution in [0.15, 0.2) is 0 Å². The summed E-state index contributed by atoms with van der Waals surface area (Å²) in [4.78, 5) is 12.0. The SMILES string of the molecule is CCO[C@H]1CC(C)(C)[C@@H]2CC[C@]3(C)C[C@]12CCC(=O)O3. The highest BCUT2D eigenvalue weighted by Gasteiger charge is 2.64. The third-order valence-electron chi connectivity index (χ3n) is 6.18. The van der Waals surface area contributed by atoms with Gasteiger partial charge < -0.3 is 9.47 Å². The molecule has 4 atom stereocenters. The molecule has 0 unspecified atom stereocenters. The molecule has 3 rings (SSSR count). The van der Waals surface area contributed by atoms with Crippen molar-refractivity contribution in [1.29, 1.82) is 0 Å². The lowest BCUT2D eigenvalue weighted by molar-refractivity contribution is -0.165. The molecule has 0 aromatic heterocycles. The molecule has 2 bridgehead atoms. The number of hydrogen-bond donors (Lipinski definition) is 0. The molecule has 3 fully saturated rings. The van der Waals surface area contributed by atoms with E-state index in [0.29, 0.717) is 23.9 Å². The Labute approximate surface area is 122 Å². The second-order valence-electron chi connectivity index (χ2n) is 8.06. The summed E-state index contributed by atoms with van der Waals surface area (Å²) in [7, 11) is 0. The average molecular weight is 280 g/mol. The van der Waals surface area contributed by atoms with Gasteiger partial charge in [0.15, 0.2) is 0 Å². The number of rotatable bonds is 2. The van der Waals surface area contributed by atoms with Crippen LogP contribution in [-0.2, 0) is 14.3 Å². The van der Waals surface area contributed by atoms with Gasteiger partial charge in [0.1, 0.15) is 5.60 Å². The summed E-state index contributed by atoms with van der Waals surface area (Å²) in [6, 6.07) is 0. The Morgan fingerprint density at radius 1 is 1.30 bits per heavy atom. The van der Waals surface area contributed by atoms with Crippen molar-refractivity contribution in [2.24, 2.45) is 16.7 Å². The Kier molecular flexibility index (Phi) is 3.20. The first-order chi connectivity index (χ1) is 9.31. The van der Waals surface area contributed by atoms with Gasteiger partial charge in [0.2, 0.25) is 0 Å². The van der Waals surface area contributed by atoms with Gasteiger partial charge in [-0.3, -0.25) is 4.79 Å².